The van der Waals surface area contributed by atoms with Gasteiger partial charge >= 0.3 is 5.97 Å². The van der Waals surface area contributed by atoms with Crippen molar-refractivity contribution in [3.05, 3.63) is 42.2 Å². The molecule has 0 fully saturated rings. The average Bonchev–Trinajstić information content (AvgIpc) is 3.04. The monoisotopic (exact) mass is 368 g/mol. The Hall–Kier alpha value is -3.16. The molecule has 0 bridgehead atoms. The summed E-state index contributed by atoms with van der Waals surface area (Å²) in [5.41, 5.74) is 2.53. The van der Waals surface area contributed by atoms with E-state index in [4.69, 9.17) is 5.11 Å². The van der Waals surface area contributed by atoms with Crippen LogP contribution in [0.3, 0.4) is 0 Å². The van der Waals surface area contributed by atoms with E-state index in [1.807, 2.05) is 34.9 Å². The van der Waals surface area contributed by atoms with Crippen LogP contribution in [0.4, 0.5) is 11.8 Å². The third-order valence-electron chi connectivity index (χ3n) is 4.14. The van der Waals surface area contributed by atoms with Crippen LogP contribution in [0.15, 0.2) is 36.7 Å². The van der Waals surface area contributed by atoms with Crippen LogP contribution >= 0.6 is 0 Å². The fourth-order valence-electron chi connectivity index (χ4n) is 2.80. The van der Waals surface area contributed by atoms with Gasteiger partial charge in [-0.1, -0.05) is 30.3 Å². The largest absolute Gasteiger partial charge is 0.481 e. The van der Waals surface area contributed by atoms with E-state index in [1.54, 1.807) is 13.3 Å². The number of nitrogens with one attached hydrogen (secondary N) is 2. The first-order valence-electron chi connectivity index (χ1n) is 8.94. The number of anilines is 2. The van der Waals surface area contributed by atoms with Gasteiger partial charge in [0.05, 0.1) is 12.7 Å². The molecule has 0 unspecified atom stereocenters. The number of carboxylic acid groups (broad SMARTS) is 1. The topological polar surface area (TPSA) is 105 Å². The number of carbonyl (C=O) groups is 1. The molecule has 8 nitrogen and oxygen atoms in total. The molecule has 142 valence electrons. The molecule has 0 amide bonds. The molecule has 0 aliphatic rings. The van der Waals surface area contributed by atoms with Crippen molar-refractivity contribution in [3.63, 3.8) is 0 Å². The normalized spacial score (nSPS) is 12.3. The summed E-state index contributed by atoms with van der Waals surface area (Å²) in [5, 5.41) is 15.4. The number of rotatable bonds is 8. The second-order valence-electron chi connectivity index (χ2n) is 6.80. The molecular weight excluding hydrogens is 344 g/mol. The van der Waals surface area contributed by atoms with Crippen molar-refractivity contribution < 1.29 is 9.90 Å². The zero-order valence-electron chi connectivity index (χ0n) is 15.7. The SMILES string of the molecule is CC(C)n1cnc2c(NCc3ccccc3)nc(N[C@H](C)CC(=O)O)nc21. The molecule has 0 radical (unpaired) electrons. The summed E-state index contributed by atoms with van der Waals surface area (Å²) in [5.74, 6) is 0.133. The molecule has 0 aliphatic heterocycles. The molecule has 0 aliphatic carbocycles. The van der Waals surface area contributed by atoms with E-state index in [1.165, 1.54) is 0 Å². The van der Waals surface area contributed by atoms with Gasteiger partial charge in [-0.3, -0.25) is 4.79 Å². The van der Waals surface area contributed by atoms with E-state index >= 15 is 0 Å². The lowest BCUT2D eigenvalue weighted by atomic mass is 10.2. The lowest BCUT2D eigenvalue weighted by molar-refractivity contribution is -0.137. The highest BCUT2D eigenvalue weighted by atomic mass is 16.4. The van der Waals surface area contributed by atoms with Crippen molar-refractivity contribution in [2.75, 3.05) is 10.6 Å². The van der Waals surface area contributed by atoms with E-state index in [-0.39, 0.29) is 18.5 Å². The van der Waals surface area contributed by atoms with E-state index in [0.29, 0.717) is 29.5 Å². The Bertz CT molecular complexity index is 923. The highest BCUT2D eigenvalue weighted by molar-refractivity contribution is 5.84. The molecule has 2 aromatic heterocycles. The zero-order chi connectivity index (χ0) is 19.4. The fraction of sp³-hybridized carbons (Fsp3) is 0.368. The van der Waals surface area contributed by atoms with Crippen LogP contribution in [0.2, 0.25) is 0 Å². The average molecular weight is 368 g/mol. The van der Waals surface area contributed by atoms with Crippen LogP contribution in [-0.4, -0.2) is 36.6 Å². The smallest absolute Gasteiger partial charge is 0.305 e. The van der Waals surface area contributed by atoms with Crippen LogP contribution in [0.1, 0.15) is 38.8 Å². The quantitative estimate of drug-likeness (QED) is 0.560. The molecular formula is C19H24N6O2. The highest BCUT2D eigenvalue weighted by Crippen LogP contribution is 2.24. The van der Waals surface area contributed by atoms with E-state index in [9.17, 15) is 4.79 Å². The van der Waals surface area contributed by atoms with Crippen molar-refractivity contribution in [3.8, 4) is 0 Å². The van der Waals surface area contributed by atoms with Gasteiger partial charge in [-0.25, -0.2) is 4.98 Å². The first-order valence-corrected chi connectivity index (χ1v) is 8.94. The molecule has 3 N–H and O–H groups in total. The Morgan fingerprint density at radius 2 is 1.93 bits per heavy atom. The number of carboxylic acids is 1. The lowest BCUT2D eigenvalue weighted by Crippen LogP contribution is -2.21. The fourth-order valence-corrected chi connectivity index (χ4v) is 2.80. The van der Waals surface area contributed by atoms with Gasteiger partial charge in [0.25, 0.3) is 0 Å². The molecule has 2 heterocycles. The summed E-state index contributed by atoms with van der Waals surface area (Å²) < 4.78 is 1.97. The summed E-state index contributed by atoms with van der Waals surface area (Å²) in [4.78, 5) is 24.5. The van der Waals surface area contributed by atoms with E-state index < -0.39 is 5.97 Å². The summed E-state index contributed by atoms with van der Waals surface area (Å²) in [6.45, 7) is 6.50. The molecule has 8 heteroatoms. The van der Waals surface area contributed by atoms with Crippen molar-refractivity contribution in [2.24, 2.45) is 0 Å². The maximum atomic E-state index is 10.9. The van der Waals surface area contributed by atoms with Crippen molar-refractivity contribution >= 4 is 28.9 Å². The van der Waals surface area contributed by atoms with Crippen LogP contribution in [0.25, 0.3) is 11.2 Å². The zero-order valence-corrected chi connectivity index (χ0v) is 15.7. The number of benzene rings is 1. The lowest BCUT2D eigenvalue weighted by Gasteiger charge is -2.14. The third kappa shape index (κ3) is 4.52. The summed E-state index contributed by atoms with van der Waals surface area (Å²) in [6, 6.07) is 9.91. The number of hydrogen-bond acceptors (Lipinski definition) is 6. The van der Waals surface area contributed by atoms with Gasteiger partial charge in [0.15, 0.2) is 17.0 Å². The molecule has 1 atom stereocenters. The van der Waals surface area contributed by atoms with Crippen LogP contribution in [0.5, 0.6) is 0 Å². The highest BCUT2D eigenvalue weighted by Gasteiger charge is 2.16. The third-order valence-corrected chi connectivity index (χ3v) is 4.14. The van der Waals surface area contributed by atoms with Gasteiger partial charge in [-0.15, -0.1) is 0 Å². The first-order chi connectivity index (χ1) is 12.9. The number of aliphatic carboxylic acids is 1. The Labute approximate surface area is 157 Å². The Kier molecular flexibility index (Phi) is 5.54. The molecule has 0 saturated carbocycles. The van der Waals surface area contributed by atoms with Crippen molar-refractivity contribution in [1.82, 2.24) is 19.5 Å². The summed E-state index contributed by atoms with van der Waals surface area (Å²) >= 11 is 0. The molecule has 3 rings (SSSR count). The van der Waals surface area contributed by atoms with Crippen LogP contribution < -0.4 is 10.6 Å². The standard InChI is InChI=1S/C19H24N6O2/c1-12(2)25-11-21-16-17(20-10-14-7-5-4-6-8-14)23-19(24-18(16)25)22-13(3)9-15(26)27/h4-8,11-13H,9-10H2,1-3H3,(H,26,27)(H2,20,22,23,24)/t13-/m1/s1. The van der Waals surface area contributed by atoms with Gasteiger partial charge in [0, 0.05) is 18.6 Å². The van der Waals surface area contributed by atoms with Gasteiger partial charge in [0.1, 0.15) is 0 Å². The summed E-state index contributed by atoms with van der Waals surface area (Å²) in [6.07, 6.45) is 1.74. The predicted octanol–water partition coefficient (Wildman–Crippen LogP) is 3.29. The number of fused-ring (bicyclic) bond motifs is 1. The van der Waals surface area contributed by atoms with Crippen LogP contribution in [0, 0.1) is 0 Å². The van der Waals surface area contributed by atoms with Gasteiger partial charge in [0.2, 0.25) is 5.95 Å². The van der Waals surface area contributed by atoms with E-state index in [2.05, 4.69) is 39.4 Å². The number of nitrogens with zero attached hydrogens (tertiary/aromatic N) is 4. The first kappa shape index (κ1) is 18.6. The number of hydrogen-bond donors (Lipinski definition) is 3. The maximum Gasteiger partial charge on any atom is 0.305 e. The van der Waals surface area contributed by atoms with Gasteiger partial charge in [-0.2, -0.15) is 9.97 Å². The Morgan fingerprint density at radius 1 is 1.19 bits per heavy atom. The minimum Gasteiger partial charge on any atom is -0.481 e. The molecule has 1 aromatic carbocycles. The number of aromatic nitrogens is 4. The minimum atomic E-state index is -0.870. The van der Waals surface area contributed by atoms with Crippen LogP contribution in [-0.2, 0) is 11.3 Å². The van der Waals surface area contributed by atoms with E-state index in [0.717, 1.165) is 5.56 Å². The molecule has 3 aromatic rings. The predicted molar refractivity (Wildman–Crippen MR) is 105 cm³/mol. The Morgan fingerprint density at radius 3 is 2.59 bits per heavy atom. The molecule has 0 spiro atoms. The second kappa shape index (κ2) is 8.03. The minimum absolute atomic E-state index is 0.0163. The maximum absolute atomic E-state index is 10.9. The molecule has 27 heavy (non-hydrogen) atoms. The van der Waals surface area contributed by atoms with Crippen molar-refractivity contribution in [2.45, 2.75) is 45.8 Å². The second-order valence-corrected chi connectivity index (χ2v) is 6.80. The number of imidazole rings is 1. The Balaban J connectivity index is 1.93. The van der Waals surface area contributed by atoms with Gasteiger partial charge < -0.3 is 20.3 Å². The van der Waals surface area contributed by atoms with Crippen molar-refractivity contribution in [1.29, 1.82) is 0 Å². The van der Waals surface area contributed by atoms with Gasteiger partial charge in [-0.05, 0) is 26.3 Å². The molecule has 0 saturated heterocycles. The summed E-state index contributed by atoms with van der Waals surface area (Å²) in [7, 11) is 0.